The van der Waals surface area contributed by atoms with Crippen molar-refractivity contribution < 1.29 is 14.3 Å². The number of likely N-dealkylation sites (tertiary alicyclic amines) is 1. The predicted molar refractivity (Wildman–Crippen MR) is 137 cm³/mol. The number of amides is 3. The molecule has 36 heavy (non-hydrogen) atoms. The Morgan fingerprint density at radius 3 is 2.64 bits per heavy atom. The zero-order valence-corrected chi connectivity index (χ0v) is 20.8. The number of urea groups is 1. The molecule has 1 fully saturated rings. The van der Waals surface area contributed by atoms with E-state index in [1.807, 2.05) is 49.8 Å². The van der Waals surface area contributed by atoms with Crippen LogP contribution >= 0.6 is 0 Å². The van der Waals surface area contributed by atoms with Gasteiger partial charge in [0, 0.05) is 48.5 Å². The highest BCUT2D eigenvalue weighted by Crippen LogP contribution is 2.33. The first-order valence-corrected chi connectivity index (χ1v) is 11.9. The molecule has 0 aliphatic carbocycles. The average molecular weight is 488 g/mol. The van der Waals surface area contributed by atoms with Crippen molar-refractivity contribution in [1.82, 2.24) is 30.2 Å². The molecule has 3 heterocycles. The van der Waals surface area contributed by atoms with Crippen molar-refractivity contribution in [2.45, 2.75) is 26.8 Å². The molecule has 0 saturated carbocycles. The molecular formula is C26H29N7O3. The Morgan fingerprint density at radius 1 is 1.19 bits per heavy atom. The van der Waals surface area contributed by atoms with E-state index in [2.05, 4.69) is 25.9 Å². The van der Waals surface area contributed by atoms with Gasteiger partial charge in [0.1, 0.15) is 11.4 Å². The second-order valence-corrected chi connectivity index (χ2v) is 8.99. The number of carbonyl (C=O) groups is 2. The molecule has 10 heteroatoms. The molecule has 3 amide bonds. The van der Waals surface area contributed by atoms with Crippen LogP contribution in [0.3, 0.4) is 0 Å². The number of methoxy groups -OCH3 is 1. The number of aromatic amines is 1. The molecule has 4 aromatic rings. The molecule has 0 bridgehead atoms. The molecule has 1 aliphatic rings. The number of benzene rings is 2. The van der Waals surface area contributed by atoms with E-state index in [1.54, 1.807) is 30.3 Å². The van der Waals surface area contributed by atoms with Crippen molar-refractivity contribution in [2.75, 3.05) is 32.1 Å². The Kier molecular flexibility index (Phi) is 6.09. The Balaban J connectivity index is 1.42. The lowest BCUT2D eigenvalue weighted by atomic mass is 10.0. The molecule has 10 nitrogen and oxygen atoms in total. The Hall–Kier alpha value is -4.34. The summed E-state index contributed by atoms with van der Waals surface area (Å²) in [6.45, 7) is 7.64. The largest absolute Gasteiger partial charge is 0.496 e. The van der Waals surface area contributed by atoms with Crippen LogP contribution in [-0.4, -0.2) is 63.6 Å². The molecule has 0 atom stereocenters. The number of hydrogen-bond acceptors (Lipinski definition) is 5. The third kappa shape index (κ3) is 4.15. The summed E-state index contributed by atoms with van der Waals surface area (Å²) < 4.78 is 7.39. The zero-order chi connectivity index (χ0) is 25.4. The zero-order valence-electron chi connectivity index (χ0n) is 20.8. The second kappa shape index (κ2) is 9.37. The van der Waals surface area contributed by atoms with Gasteiger partial charge in [-0.3, -0.25) is 14.6 Å². The lowest BCUT2D eigenvalue weighted by Crippen LogP contribution is -2.54. The highest BCUT2D eigenvalue weighted by molar-refractivity contribution is 6.10. The van der Waals surface area contributed by atoms with Crippen molar-refractivity contribution in [3.63, 3.8) is 0 Å². The highest BCUT2D eigenvalue weighted by atomic mass is 16.5. The maximum absolute atomic E-state index is 13.3. The fraction of sp³-hybridized carbons (Fsp3) is 0.308. The van der Waals surface area contributed by atoms with Gasteiger partial charge in [-0.1, -0.05) is 18.2 Å². The van der Waals surface area contributed by atoms with Crippen molar-refractivity contribution in [1.29, 1.82) is 0 Å². The van der Waals surface area contributed by atoms with E-state index in [4.69, 9.17) is 4.74 Å². The minimum atomic E-state index is -0.256. The summed E-state index contributed by atoms with van der Waals surface area (Å²) in [7, 11) is 1.54. The maximum Gasteiger partial charge on any atom is 0.317 e. The van der Waals surface area contributed by atoms with Gasteiger partial charge in [0.25, 0.3) is 5.91 Å². The number of para-hydroxylation sites is 1. The summed E-state index contributed by atoms with van der Waals surface area (Å²) in [6.07, 6.45) is 3.68. The first kappa shape index (κ1) is 23.4. The van der Waals surface area contributed by atoms with Gasteiger partial charge in [-0.25, -0.2) is 4.79 Å². The number of aryl methyl sites for hydroxylation is 2. The van der Waals surface area contributed by atoms with Crippen LogP contribution in [0.25, 0.3) is 22.2 Å². The SMILES string of the molecule is CCNC(=O)N1CC(n2cc(-c3n[nH]c4cc(OC)c(C(=O)Nc5c(C)cccc5C)cc34)cn2)C1. The Bertz CT molecular complexity index is 1430. The van der Waals surface area contributed by atoms with Gasteiger partial charge in [0.2, 0.25) is 0 Å². The number of carbonyl (C=O) groups excluding carboxylic acids is 2. The number of H-pyrrole nitrogens is 1. The van der Waals surface area contributed by atoms with Crippen molar-refractivity contribution >= 4 is 28.5 Å². The van der Waals surface area contributed by atoms with E-state index in [-0.39, 0.29) is 18.0 Å². The summed E-state index contributed by atoms with van der Waals surface area (Å²) in [6, 6.07) is 9.54. The van der Waals surface area contributed by atoms with Crippen LogP contribution in [0.4, 0.5) is 10.5 Å². The normalized spacial score (nSPS) is 13.5. The number of anilines is 1. The van der Waals surface area contributed by atoms with Crippen LogP contribution in [0.1, 0.15) is 34.5 Å². The molecule has 2 aromatic carbocycles. The first-order chi connectivity index (χ1) is 17.4. The monoisotopic (exact) mass is 487 g/mol. The molecule has 1 aliphatic heterocycles. The molecule has 186 valence electrons. The minimum Gasteiger partial charge on any atom is -0.496 e. The fourth-order valence-electron chi connectivity index (χ4n) is 4.51. The number of fused-ring (bicyclic) bond motifs is 1. The van der Waals surface area contributed by atoms with E-state index in [0.29, 0.717) is 36.6 Å². The van der Waals surface area contributed by atoms with Gasteiger partial charge >= 0.3 is 6.03 Å². The van der Waals surface area contributed by atoms with Crippen LogP contribution in [0.2, 0.25) is 0 Å². The van der Waals surface area contributed by atoms with Gasteiger partial charge in [0.15, 0.2) is 0 Å². The van der Waals surface area contributed by atoms with Crippen LogP contribution in [0.5, 0.6) is 5.75 Å². The van der Waals surface area contributed by atoms with Crippen molar-refractivity contribution in [3.05, 3.63) is 59.4 Å². The number of rotatable bonds is 6. The number of hydrogen-bond donors (Lipinski definition) is 3. The minimum absolute atomic E-state index is 0.0555. The summed E-state index contributed by atoms with van der Waals surface area (Å²) in [5, 5.41) is 18.7. The highest BCUT2D eigenvalue weighted by Gasteiger charge is 2.32. The van der Waals surface area contributed by atoms with Gasteiger partial charge in [-0.15, -0.1) is 0 Å². The van der Waals surface area contributed by atoms with Crippen LogP contribution in [0, 0.1) is 13.8 Å². The molecular weight excluding hydrogens is 458 g/mol. The Labute approximate surface area is 208 Å². The van der Waals surface area contributed by atoms with Crippen LogP contribution in [0.15, 0.2) is 42.7 Å². The summed E-state index contributed by atoms with van der Waals surface area (Å²) in [5.74, 6) is 0.200. The molecule has 3 N–H and O–H groups in total. The van der Waals surface area contributed by atoms with Gasteiger partial charge < -0.3 is 20.3 Å². The number of nitrogens with zero attached hydrogens (tertiary/aromatic N) is 4. The van der Waals surface area contributed by atoms with E-state index >= 15 is 0 Å². The third-order valence-corrected chi connectivity index (χ3v) is 6.57. The number of ether oxygens (including phenoxy) is 1. The quantitative estimate of drug-likeness (QED) is 0.381. The van der Waals surface area contributed by atoms with E-state index in [0.717, 1.165) is 33.3 Å². The van der Waals surface area contributed by atoms with Crippen LogP contribution in [-0.2, 0) is 0 Å². The van der Waals surface area contributed by atoms with E-state index in [1.165, 1.54) is 0 Å². The molecule has 0 unspecified atom stereocenters. The molecule has 1 saturated heterocycles. The molecule has 0 spiro atoms. The predicted octanol–water partition coefficient (Wildman–Crippen LogP) is 3.89. The summed E-state index contributed by atoms with van der Waals surface area (Å²) in [4.78, 5) is 27.0. The van der Waals surface area contributed by atoms with Gasteiger partial charge in [-0.05, 0) is 38.0 Å². The van der Waals surface area contributed by atoms with Gasteiger partial charge in [-0.2, -0.15) is 10.2 Å². The van der Waals surface area contributed by atoms with Gasteiger partial charge in [0.05, 0.1) is 30.4 Å². The third-order valence-electron chi connectivity index (χ3n) is 6.57. The average Bonchev–Trinajstić information content (AvgIpc) is 3.46. The standard InChI is InChI=1S/C26H29N7O3/c1-5-27-26(35)32-13-18(14-32)33-12-17(11-28-33)24-19-9-20(22(36-4)10-21(19)30-31-24)25(34)29-23-15(2)7-6-8-16(23)3/h6-12,18H,5,13-14H2,1-4H3,(H,27,35)(H,29,34)(H,30,31). The molecule has 2 aromatic heterocycles. The fourth-order valence-corrected chi connectivity index (χ4v) is 4.51. The maximum atomic E-state index is 13.3. The van der Waals surface area contributed by atoms with E-state index in [9.17, 15) is 9.59 Å². The summed E-state index contributed by atoms with van der Waals surface area (Å²) in [5.41, 5.74) is 5.45. The lowest BCUT2D eigenvalue weighted by Gasteiger charge is -2.38. The summed E-state index contributed by atoms with van der Waals surface area (Å²) >= 11 is 0. The molecule has 5 rings (SSSR count). The van der Waals surface area contributed by atoms with Crippen molar-refractivity contribution in [3.8, 4) is 17.0 Å². The van der Waals surface area contributed by atoms with E-state index < -0.39 is 0 Å². The Morgan fingerprint density at radius 2 is 1.94 bits per heavy atom. The second-order valence-electron chi connectivity index (χ2n) is 8.99. The number of aromatic nitrogens is 4. The molecule has 0 radical (unpaired) electrons. The first-order valence-electron chi connectivity index (χ1n) is 11.9. The topological polar surface area (TPSA) is 117 Å². The van der Waals surface area contributed by atoms with Crippen molar-refractivity contribution in [2.24, 2.45) is 0 Å². The lowest BCUT2D eigenvalue weighted by molar-refractivity contribution is 0.102. The smallest absolute Gasteiger partial charge is 0.317 e. The van der Waals surface area contributed by atoms with Crippen LogP contribution < -0.4 is 15.4 Å². The number of nitrogens with one attached hydrogen (secondary N) is 3.